The summed E-state index contributed by atoms with van der Waals surface area (Å²) >= 11 is 0. The van der Waals surface area contributed by atoms with Crippen molar-refractivity contribution in [1.29, 1.82) is 0 Å². The Balaban J connectivity index is 1.64. The predicted octanol–water partition coefficient (Wildman–Crippen LogP) is 3.69. The number of amides is 4. The van der Waals surface area contributed by atoms with Crippen LogP contribution in [0, 0.1) is 5.92 Å². The van der Waals surface area contributed by atoms with Crippen molar-refractivity contribution in [3.05, 3.63) is 71.3 Å². The molecule has 0 aromatic heterocycles. The second-order valence-corrected chi connectivity index (χ2v) is 9.86. The summed E-state index contributed by atoms with van der Waals surface area (Å²) in [5, 5.41) is 6.02. The molecule has 2 saturated heterocycles. The molecule has 0 radical (unpaired) electrons. The van der Waals surface area contributed by atoms with E-state index in [1.165, 1.54) is 26.9 Å². The molecular weight excluding hydrogens is 499 g/mol. The van der Waals surface area contributed by atoms with Gasteiger partial charge >= 0.3 is 12.2 Å². The van der Waals surface area contributed by atoms with Crippen LogP contribution >= 0.6 is 0 Å². The Morgan fingerprint density at radius 3 is 2.37 bits per heavy atom. The van der Waals surface area contributed by atoms with Crippen molar-refractivity contribution in [3.8, 4) is 0 Å². The topological polar surface area (TPSA) is 76.2 Å². The van der Waals surface area contributed by atoms with Gasteiger partial charge in [-0.3, -0.25) is 9.59 Å². The molecule has 2 heterocycles. The molecule has 11 heteroatoms. The number of piperazine rings is 1. The van der Waals surface area contributed by atoms with E-state index < -0.39 is 30.0 Å². The van der Waals surface area contributed by atoms with Crippen LogP contribution in [-0.4, -0.2) is 69.5 Å². The van der Waals surface area contributed by atoms with Gasteiger partial charge in [-0.15, -0.1) is 0 Å². The van der Waals surface area contributed by atoms with Crippen molar-refractivity contribution < 1.29 is 27.6 Å². The van der Waals surface area contributed by atoms with Crippen LogP contribution in [0.5, 0.6) is 0 Å². The fraction of sp³-hybridized carbons (Fsp3) is 0.444. The molecule has 4 rings (SSSR count). The lowest BCUT2D eigenvalue weighted by atomic mass is 9.95. The zero-order valence-electron chi connectivity index (χ0n) is 21.6. The Kier molecular flexibility index (Phi) is 7.96. The lowest BCUT2D eigenvalue weighted by molar-refractivity contribution is -0.193. The highest BCUT2D eigenvalue weighted by Crippen LogP contribution is 2.32. The average molecular weight is 532 g/mol. The predicted molar refractivity (Wildman–Crippen MR) is 134 cm³/mol. The molecule has 1 N–H and O–H groups in total. The Hall–Kier alpha value is -3.60. The number of hydrogen-bond acceptors (Lipinski definition) is 4. The number of halogens is 3. The van der Waals surface area contributed by atoms with Crippen LogP contribution in [0.4, 0.5) is 18.0 Å². The number of rotatable bonds is 6. The van der Waals surface area contributed by atoms with E-state index in [2.05, 4.69) is 5.32 Å². The molecule has 2 atom stereocenters. The fourth-order valence-corrected chi connectivity index (χ4v) is 5.08. The lowest BCUT2D eigenvalue weighted by Crippen LogP contribution is -2.77. The molecule has 0 saturated carbocycles. The number of hydrazine groups is 1. The summed E-state index contributed by atoms with van der Waals surface area (Å²) in [5.74, 6) is -0.896. The van der Waals surface area contributed by atoms with E-state index in [0.717, 1.165) is 17.7 Å². The summed E-state index contributed by atoms with van der Waals surface area (Å²) in [6.07, 6.45) is -5.31. The number of fused-ring (bicyclic) bond motifs is 1. The average Bonchev–Trinajstić information content (AvgIpc) is 2.88. The molecule has 2 aliphatic heterocycles. The van der Waals surface area contributed by atoms with Crippen molar-refractivity contribution in [2.45, 2.75) is 52.2 Å². The Morgan fingerprint density at radius 2 is 1.74 bits per heavy atom. The van der Waals surface area contributed by atoms with E-state index in [0.29, 0.717) is 12.1 Å². The number of carbonyl (C=O) groups is 3. The highest BCUT2D eigenvalue weighted by Gasteiger charge is 2.52. The minimum atomic E-state index is -4.51. The van der Waals surface area contributed by atoms with Gasteiger partial charge in [-0.1, -0.05) is 63.2 Å². The van der Waals surface area contributed by atoms with E-state index >= 15 is 0 Å². The maximum absolute atomic E-state index is 13.6. The monoisotopic (exact) mass is 531 g/mol. The third kappa shape index (κ3) is 5.62. The van der Waals surface area contributed by atoms with Gasteiger partial charge < -0.3 is 15.1 Å². The summed E-state index contributed by atoms with van der Waals surface area (Å²) in [6, 6.07) is 13.0. The first-order valence-electron chi connectivity index (χ1n) is 12.6. The highest BCUT2D eigenvalue weighted by molar-refractivity contribution is 5.91. The SMILES string of the molecule is CCN1CC(=O)N2[C@@H](C(C)C)C(=O)N(Cc3cccc(C(F)(F)F)c3)C[C@@H]2N1C(=O)NCc1ccccc1. The van der Waals surface area contributed by atoms with E-state index in [-0.39, 0.29) is 43.9 Å². The van der Waals surface area contributed by atoms with Gasteiger partial charge in [0.05, 0.1) is 18.7 Å². The minimum Gasteiger partial charge on any atom is -0.333 e. The second kappa shape index (κ2) is 11.0. The third-order valence-corrected chi connectivity index (χ3v) is 6.88. The molecule has 4 amide bonds. The summed E-state index contributed by atoms with van der Waals surface area (Å²) in [6.45, 7) is 5.94. The summed E-state index contributed by atoms with van der Waals surface area (Å²) in [5.41, 5.74) is 0.422. The number of carbonyl (C=O) groups excluding carboxylic acids is 3. The first-order valence-corrected chi connectivity index (χ1v) is 12.6. The molecule has 2 aromatic carbocycles. The number of nitrogens with zero attached hydrogens (tertiary/aromatic N) is 4. The summed E-state index contributed by atoms with van der Waals surface area (Å²) in [7, 11) is 0. The van der Waals surface area contributed by atoms with Gasteiger partial charge in [0, 0.05) is 19.6 Å². The Morgan fingerprint density at radius 1 is 1.05 bits per heavy atom. The third-order valence-electron chi connectivity index (χ3n) is 6.88. The summed E-state index contributed by atoms with van der Waals surface area (Å²) < 4.78 is 39.9. The van der Waals surface area contributed by atoms with Crippen molar-refractivity contribution in [2.24, 2.45) is 5.92 Å². The second-order valence-electron chi connectivity index (χ2n) is 9.86. The van der Waals surface area contributed by atoms with Gasteiger partial charge in [-0.2, -0.15) is 13.2 Å². The van der Waals surface area contributed by atoms with Gasteiger partial charge in [0.1, 0.15) is 12.2 Å². The molecule has 2 aliphatic rings. The van der Waals surface area contributed by atoms with Crippen LogP contribution in [0.25, 0.3) is 0 Å². The lowest BCUT2D eigenvalue weighted by Gasteiger charge is -2.55. The maximum Gasteiger partial charge on any atom is 0.416 e. The van der Waals surface area contributed by atoms with Gasteiger partial charge in [0.25, 0.3) is 0 Å². The van der Waals surface area contributed by atoms with Gasteiger partial charge in [0.15, 0.2) is 0 Å². The molecule has 2 fully saturated rings. The van der Waals surface area contributed by atoms with Crippen molar-refractivity contribution in [2.75, 3.05) is 19.6 Å². The number of likely N-dealkylation sites (N-methyl/N-ethyl adjacent to an activating group) is 1. The molecule has 2 aromatic rings. The molecular formula is C27H32F3N5O3. The highest BCUT2D eigenvalue weighted by atomic mass is 19.4. The van der Waals surface area contributed by atoms with Crippen molar-refractivity contribution >= 4 is 17.8 Å². The number of nitrogens with one attached hydrogen (secondary N) is 1. The zero-order chi connectivity index (χ0) is 27.6. The van der Waals surface area contributed by atoms with Gasteiger partial charge in [-0.05, 0) is 29.2 Å². The van der Waals surface area contributed by atoms with E-state index in [1.54, 1.807) is 5.01 Å². The molecule has 0 spiro atoms. The number of benzene rings is 2. The standard InChI is InChI=1S/C27H32F3N5O3/c1-4-33-17-23(36)34-22(35(33)26(38)31-14-19-9-6-5-7-10-19)16-32(25(37)24(34)18(2)3)15-20-11-8-12-21(13-20)27(28,29)30/h5-13,18,22,24H,4,14-17H2,1-3H3,(H,31,38)/t22-,24-/m0/s1. The Labute approximate surface area is 219 Å². The van der Waals surface area contributed by atoms with Gasteiger partial charge in [0.2, 0.25) is 11.8 Å². The van der Waals surface area contributed by atoms with E-state index in [9.17, 15) is 27.6 Å². The van der Waals surface area contributed by atoms with E-state index in [1.807, 2.05) is 51.1 Å². The van der Waals surface area contributed by atoms with Crippen molar-refractivity contribution in [3.63, 3.8) is 0 Å². The normalized spacial score (nSPS) is 20.7. The van der Waals surface area contributed by atoms with Gasteiger partial charge in [-0.25, -0.2) is 14.8 Å². The van der Waals surface area contributed by atoms with Crippen LogP contribution < -0.4 is 5.32 Å². The van der Waals surface area contributed by atoms with Crippen LogP contribution in [0.3, 0.4) is 0 Å². The maximum atomic E-state index is 13.6. The molecule has 0 aliphatic carbocycles. The molecule has 0 unspecified atom stereocenters. The molecule has 204 valence electrons. The zero-order valence-corrected chi connectivity index (χ0v) is 21.6. The summed E-state index contributed by atoms with van der Waals surface area (Å²) in [4.78, 5) is 43.2. The fourth-order valence-electron chi connectivity index (χ4n) is 5.08. The van der Waals surface area contributed by atoms with Crippen LogP contribution in [0.15, 0.2) is 54.6 Å². The number of hydrogen-bond donors (Lipinski definition) is 1. The largest absolute Gasteiger partial charge is 0.416 e. The molecule has 8 nitrogen and oxygen atoms in total. The quantitative estimate of drug-likeness (QED) is 0.617. The van der Waals surface area contributed by atoms with Crippen LogP contribution in [0.1, 0.15) is 37.5 Å². The smallest absolute Gasteiger partial charge is 0.333 e. The molecule has 38 heavy (non-hydrogen) atoms. The number of alkyl halides is 3. The molecule has 0 bridgehead atoms. The number of urea groups is 1. The van der Waals surface area contributed by atoms with Crippen LogP contribution in [0.2, 0.25) is 0 Å². The van der Waals surface area contributed by atoms with Crippen LogP contribution in [-0.2, 0) is 28.9 Å². The first-order chi connectivity index (χ1) is 18.0. The first kappa shape index (κ1) is 27.4. The Bertz CT molecular complexity index is 1170. The minimum absolute atomic E-state index is 0.0285. The van der Waals surface area contributed by atoms with E-state index in [4.69, 9.17) is 0 Å². The van der Waals surface area contributed by atoms with Crippen molar-refractivity contribution in [1.82, 2.24) is 25.1 Å².